The summed E-state index contributed by atoms with van der Waals surface area (Å²) in [7, 11) is -1.14. The van der Waals surface area contributed by atoms with Gasteiger partial charge in [0, 0.05) is 6.04 Å². The van der Waals surface area contributed by atoms with E-state index in [9.17, 15) is 5.11 Å². The fourth-order valence-electron chi connectivity index (χ4n) is 2.81. The molecule has 0 saturated carbocycles. The lowest BCUT2D eigenvalue weighted by molar-refractivity contribution is 0.152. The molecule has 0 radical (unpaired) electrons. The summed E-state index contributed by atoms with van der Waals surface area (Å²) < 4.78 is 0. The third kappa shape index (κ3) is 3.30. The highest BCUT2D eigenvalue weighted by molar-refractivity contribution is 6.79. The molecule has 0 spiro atoms. The predicted molar refractivity (Wildman–Crippen MR) is 69.0 cm³/mol. The number of hydrogen-bond donors (Lipinski definition) is 2. The average molecular weight is 229 g/mol. The molecule has 3 heteroatoms. The Bertz CT molecular complexity index is 168. The Morgan fingerprint density at radius 3 is 2.27 bits per heavy atom. The number of hydrogen-bond acceptors (Lipinski definition) is 2. The SMILES string of the molecule is CC[Si](CC)(CC)C[C@@H](O)[C@@H]1CCCN1. The first-order chi connectivity index (χ1) is 7.17. The van der Waals surface area contributed by atoms with E-state index in [1.807, 2.05) is 0 Å². The molecule has 15 heavy (non-hydrogen) atoms. The lowest BCUT2D eigenvalue weighted by Crippen LogP contribution is -2.43. The van der Waals surface area contributed by atoms with Gasteiger partial charge in [0.2, 0.25) is 0 Å². The second-order valence-electron chi connectivity index (χ2n) is 5.03. The van der Waals surface area contributed by atoms with Gasteiger partial charge in [-0.3, -0.25) is 0 Å². The van der Waals surface area contributed by atoms with Crippen molar-refractivity contribution in [3.05, 3.63) is 0 Å². The van der Waals surface area contributed by atoms with E-state index in [-0.39, 0.29) is 6.10 Å². The van der Waals surface area contributed by atoms with Crippen molar-refractivity contribution in [1.29, 1.82) is 0 Å². The van der Waals surface area contributed by atoms with Crippen LogP contribution in [0.15, 0.2) is 0 Å². The molecule has 2 atom stereocenters. The molecule has 90 valence electrons. The summed E-state index contributed by atoms with van der Waals surface area (Å²) in [5.41, 5.74) is 0. The van der Waals surface area contributed by atoms with Gasteiger partial charge in [0.05, 0.1) is 14.2 Å². The minimum absolute atomic E-state index is 0.0842. The predicted octanol–water partition coefficient (Wildman–Crippen LogP) is 2.61. The fraction of sp³-hybridized carbons (Fsp3) is 1.00. The number of aliphatic hydroxyl groups excluding tert-OH is 1. The summed E-state index contributed by atoms with van der Waals surface area (Å²) in [6.07, 6.45) is 2.32. The molecule has 1 rings (SSSR count). The number of aliphatic hydroxyl groups is 1. The lowest BCUT2D eigenvalue weighted by Gasteiger charge is -2.32. The molecule has 1 aliphatic rings. The van der Waals surface area contributed by atoms with Gasteiger partial charge in [-0.1, -0.05) is 38.9 Å². The Hall–Kier alpha value is 0.137. The molecule has 1 aliphatic heterocycles. The number of rotatable bonds is 6. The largest absolute Gasteiger partial charge is 0.392 e. The zero-order valence-corrected chi connectivity index (χ0v) is 11.6. The minimum Gasteiger partial charge on any atom is -0.392 e. The van der Waals surface area contributed by atoms with Gasteiger partial charge in [0.25, 0.3) is 0 Å². The molecule has 0 amide bonds. The lowest BCUT2D eigenvalue weighted by atomic mass is 10.1. The van der Waals surface area contributed by atoms with Crippen LogP contribution in [0.25, 0.3) is 0 Å². The van der Waals surface area contributed by atoms with Crippen molar-refractivity contribution in [1.82, 2.24) is 5.32 Å². The van der Waals surface area contributed by atoms with Crippen molar-refractivity contribution >= 4 is 8.07 Å². The highest BCUT2D eigenvalue weighted by Gasteiger charge is 2.33. The fourth-order valence-corrected chi connectivity index (χ4v) is 6.35. The Labute approximate surface area is 95.5 Å². The third-order valence-corrected chi connectivity index (χ3v) is 10.2. The van der Waals surface area contributed by atoms with Crippen molar-refractivity contribution in [3.8, 4) is 0 Å². The van der Waals surface area contributed by atoms with Gasteiger partial charge in [0.15, 0.2) is 0 Å². The van der Waals surface area contributed by atoms with Crippen molar-refractivity contribution in [3.63, 3.8) is 0 Å². The third-order valence-electron chi connectivity index (χ3n) is 4.46. The van der Waals surface area contributed by atoms with Crippen molar-refractivity contribution < 1.29 is 5.11 Å². The van der Waals surface area contributed by atoms with Gasteiger partial charge in [-0.05, 0) is 25.4 Å². The van der Waals surface area contributed by atoms with E-state index in [4.69, 9.17) is 0 Å². The molecule has 2 nitrogen and oxygen atoms in total. The maximum absolute atomic E-state index is 10.3. The zero-order valence-electron chi connectivity index (χ0n) is 10.6. The Kier molecular flexibility index (Phi) is 5.30. The first-order valence-corrected chi connectivity index (χ1v) is 9.41. The van der Waals surface area contributed by atoms with E-state index in [1.165, 1.54) is 31.0 Å². The topological polar surface area (TPSA) is 32.3 Å². The van der Waals surface area contributed by atoms with Crippen LogP contribution in [-0.2, 0) is 0 Å². The van der Waals surface area contributed by atoms with Gasteiger partial charge in [-0.15, -0.1) is 0 Å². The van der Waals surface area contributed by atoms with Crippen LogP contribution < -0.4 is 5.32 Å². The van der Waals surface area contributed by atoms with E-state index in [0.29, 0.717) is 6.04 Å². The van der Waals surface area contributed by atoms with Crippen LogP contribution >= 0.6 is 0 Å². The van der Waals surface area contributed by atoms with Crippen LogP contribution in [0.5, 0.6) is 0 Å². The molecule has 0 aliphatic carbocycles. The zero-order chi connectivity index (χ0) is 11.3. The quantitative estimate of drug-likeness (QED) is 0.686. The normalized spacial score (nSPS) is 24.4. The second kappa shape index (κ2) is 6.02. The van der Waals surface area contributed by atoms with Crippen molar-refractivity contribution in [2.24, 2.45) is 0 Å². The molecule has 2 N–H and O–H groups in total. The van der Waals surface area contributed by atoms with Crippen LogP contribution in [0.3, 0.4) is 0 Å². The molecule has 1 heterocycles. The first-order valence-electron chi connectivity index (χ1n) is 6.59. The first kappa shape index (κ1) is 13.2. The summed E-state index contributed by atoms with van der Waals surface area (Å²) in [5.74, 6) is 0. The van der Waals surface area contributed by atoms with Gasteiger partial charge < -0.3 is 10.4 Å². The molecule has 0 aromatic heterocycles. The van der Waals surface area contributed by atoms with Gasteiger partial charge >= 0.3 is 0 Å². The van der Waals surface area contributed by atoms with Crippen LogP contribution in [0.1, 0.15) is 33.6 Å². The van der Waals surface area contributed by atoms with E-state index >= 15 is 0 Å². The van der Waals surface area contributed by atoms with E-state index in [2.05, 4.69) is 26.1 Å². The second-order valence-corrected chi connectivity index (χ2v) is 10.6. The molecule has 0 unspecified atom stereocenters. The maximum Gasteiger partial charge on any atom is 0.0670 e. The molecule has 0 aromatic rings. The van der Waals surface area contributed by atoms with Crippen LogP contribution in [-0.4, -0.2) is 31.9 Å². The van der Waals surface area contributed by atoms with E-state index in [1.54, 1.807) is 0 Å². The van der Waals surface area contributed by atoms with Crippen LogP contribution in [0.2, 0.25) is 24.2 Å². The Morgan fingerprint density at radius 2 is 1.87 bits per heavy atom. The highest BCUT2D eigenvalue weighted by Crippen LogP contribution is 2.28. The summed E-state index contributed by atoms with van der Waals surface area (Å²) >= 11 is 0. The van der Waals surface area contributed by atoms with Gasteiger partial charge in [-0.2, -0.15) is 0 Å². The molecule has 0 bridgehead atoms. The number of nitrogens with one attached hydrogen (secondary N) is 1. The molecule has 1 fully saturated rings. The van der Waals surface area contributed by atoms with E-state index < -0.39 is 8.07 Å². The Balaban J connectivity index is 2.49. The van der Waals surface area contributed by atoms with Gasteiger partial charge in [0.1, 0.15) is 0 Å². The molecular formula is C12H27NOSi. The Morgan fingerprint density at radius 1 is 1.27 bits per heavy atom. The van der Waals surface area contributed by atoms with Crippen LogP contribution in [0, 0.1) is 0 Å². The van der Waals surface area contributed by atoms with E-state index in [0.717, 1.165) is 12.6 Å². The summed E-state index contributed by atoms with van der Waals surface area (Å²) in [5, 5.41) is 13.7. The standard InChI is InChI=1S/C12H27NOSi/c1-4-15(5-2,6-3)10-12(14)11-8-7-9-13-11/h11-14H,4-10H2,1-3H3/t11-,12+/m0/s1. The monoisotopic (exact) mass is 229 g/mol. The minimum atomic E-state index is -1.14. The van der Waals surface area contributed by atoms with Crippen molar-refractivity contribution in [2.45, 2.75) is 69.9 Å². The molecule has 1 saturated heterocycles. The maximum atomic E-state index is 10.3. The summed E-state index contributed by atoms with van der Waals surface area (Å²) in [6.45, 7) is 8.04. The highest BCUT2D eigenvalue weighted by atomic mass is 28.3. The average Bonchev–Trinajstić information content (AvgIpc) is 2.79. The summed E-state index contributed by atoms with van der Waals surface area (Å²) in [6, 6.07) is 5.47. The molecular weight excluding hydrogens is 202 g/mol. The summed E-state index contributed by atoms with van der Waals surface area (Å²) in [4.78, 5) is 0. The van der Waals surface area contributed by atoms with Gasteiger partial charge in [-0.25, -0.2) is 0 Å². The molecule has 0 aromatic carbocycles. The van der Waals surface area contributed by atoms with Crippen molar-refractivity contribution in [2.75, 3.05) is 6.54 Å². The smallest absolute Gasteiger partial charge is 0.0670 e. The van der Waals surface area contributed by atoms with Crippen LogP contribution in [0.4, 0.5) is 0 Å².